The maximum atomic E-state index is 6.72. The average Bonchev–Trinajstić information content (AvgIpc) is 3.92. The summed E-state index contributed by atoms with van der Waals surface area (Å²) in [7, 11) is 0. The number of ether oxygens (including phenoxy) is 1. The van der Waals surface area contributed by atoms with Crippen molar-refractivity contribution in [2.45, 2.75) is 79.1 Å². The van der Waals surface area contributed by atoms with Crippen LogP contribution in [0.4, 0.5) is 0 Å². The van der Waals surface area contributed by atoms with Gasteiger partial charge in [-0.1, -0.05) is 104 Å². The van der Waals surface area contributed by atoms with E-state index in [1.807, 2.05) is 16.7 Å². The van der Waals surface area contributed by atoms with Crippen LogP contribution in [0.3, 0.4) is 0 Å². The molecule has 0 N–H and O–H groups in total. The lowest BCUT2D eigenvalue weighted by atomic mass is 9.84. The van der Waals surface area contributed by atoms with Gasteiger partial charge in [-0.05, 0) is 105 Å². The minimum atomic E-state index is 0.332. The third kappa shape index (κ3) is 5.85. The molecule has 0 aliphatic heterocycles. The number of aromatic nitrogens is 6. The minimum absolute atomic E-state index is 0.332. The van der Waals surface area contributed by atoms with Gasteiger partial charge in [-0.25, -0.2) is 15.0 Å². The number of nitrogens with zero attached hydrogens (tertiary/aromatic N) is 6. The van der Waals surface area contributed by atoms with E-state index in [1.54, 1.807) is 18.6 Å². The highest BCUT2D eigenvalue weighted by molar-refractivity contribution is 6.14. The van der Waals surface area contributed by atoms with E-state index in [4.69, 9.17) is 14.7 Å². The summed E-state index contributed by atoms with van der Waals surface area (Å²) in [5.74, 6) is 2.87. The Bertz CT molecular complexity index is 3220. The highest BCUT2D eigenvalue weighted by Gasteiger charge is 2.23. The number of hydrogen-bond acceptors (Lipinski definition) is 5. The SMILES string of the molecule is CC(C)c1cccc(C(C)C)c1-c1ccc2c3ccc(Oc4ccc5c(c4)c4nccn4c4nccnc54)cc3c3ncc(-c4c(C(C)C)cccc4C(C)C)n3c2c1. The van der Waals surface area contributed by atoms with Gasteiger partial charge in [0.15, 0.2) is 5.65 Å². The van der Waals surface area contributed by atoms with Crippen molar-refractivity contribution in [2.75, 3.05) is 0 Å². The Kier molecular flexibility index (Phi) is 8.74. The van der Waals surface area contributed by atoms with E-state index in [9.17, 15) is 0 Å². The first-order valence-electron chi connectivity index (χ1n) is 20.9. The first kappa shape index (κ1) is 36.7. The number of imidazole rings is 2. The fourth-order valence-corrected chi connectivity index (χ4v) is 9.28. The van der Waals surface area contributed by atoms with Gasteiger partial charge in [-0.2, -0.15) is 0 Å². The van der Waals surface area contributed by atoms with Crippen LogP contribution in [0.15, 0.2) is 122 Å². The molecule has 292 valence electrons. The molecule has 0 aliphatic rings. The van der Waals surface area contributed by atoms with Gasteiger partial charge in [0, 0.05) is 51.9 Å². The van der Waals surface area contributed by atoms with Crippen LogP contribution in [-0.4, -0.2) is 28.7 Å². The molecular weight excluding hydrogens is 725 g/mol. The highest BCUT2D eigenvalue weighted by atomic mass is 16.5. The maximum absolute atomic E-state index is 6.72. The lowest BCUT2D eigenvalue weighted by Gasteiger charge is -2.22. The van der Waals surface area contributed by atoms with Crippen molar-refractivity contribution < 1.29 is 4.74 Å². The Balaban J connectivity index is 1.22. The van der Waals surface area contributed by atoms with Crippen molar-refractivity contribution in [1.82, 2.24) is 28.7 Å². The quantitative estimate of drug-likeness (QED) is 0.144. The lowest BCUT2D eigenvalue weighted by molar-refractivity contribution is 0.484. The molecule has 5 aromatic carbocycles. The molecule has 10 aromatic rings. The molecule has 0 amide bonds. The number of hydrogen-bond donors (Lipinski definition) is 0. The Hall–Kier alpha value is -6.60. The summed E-state index contributed by atoms with van der Waals surface area (Å²) >= 11 is 0. The molecule has 10 rings (SSSR count). The van der Waals surface area contributed by atoms with Crippen molar-refractivity contribution in [3.05, 3.63) is 144 Å². The van der Waals surface area contributed by atoms with Crippen LogP contribution in [-0.2, 0) is 0 Å². The molecule has 0 bridgehead atoms. The van der Waals surface area contributed by atoms with E-state index in [2.05, 4.69) is 161 Å². The molecule has 0 unspecified atom stereocenters. The predicted molar refractivity (Wildman–Crippen MR) is 243 cm³/mol. The molecule has 0 spiro atoms. The molecule has 7 heteroatoms. The molecule has 5 heterocycles. The van der Waals surface area contributed by atoms with Crippen LogP contribution >= 0.6 is 0 Å². The Morgan fingerprint density at radius 2 is 1.03 bits per heavy atom. The van der Waals surface area contributed by atoms with Gasteiger partial charge in [-0.15, -0.1) is 0 Å². The van der Waals surface area contributed by atoms with E-state index < -0.39 is 0 Å². The van der Waals surface area contributed by atoms with E-state index in [1.165, 1.54) is 44.3 Å². The summed E-state index contributed by atoms with van der Waals surface area (Å²) < 4.78 is 11.1. The van der Waals surface area contributed by atoms with Crippen molar-refractivity contribution in [1.29, 1.82) is 0 Å². The number of pyridine rings is 2. The summed E-state index contributed by atoms with van der Waals surface area (Å²) in [5.41, 5.74) is 14.8. The summed E-state index contributed by atoms with van der Waals surface area (Å²) in [6.45, 7) is 18.3. The van der Waals surface area contributed by atoms with Crippen molar-refractivity contribution in [2.24, 2.45) is 0 Å². The Morgan fingerprint density at radius 1 is 0.475 bits per heavy atom. The van der Waals surface area contributed by atoms with E-state index in [-0.39, 0.29) is 0 Å². The molecular formula is C52H48N6O. The standard InChI is InChI=1S/C52H48N6O/c1-29(2)36-11-9-12-37(30(3)4)47(36)33-15-18-41-40-19-16-34(59-35-17-20-42-44(27-35)50-55-23-24-57(50)52-49(42)53-21-22-54-52)26-43(40)51-56-28-46(58(51)45(41)25-33)48-38(31(5)6)13-10-14-39(48)32(7)8/h9-32H,1-8H3. The first-order chi connectivity index (χ1) is 28.6. The summed E-state index contributed by atoms with van der Waals surface area (Å²) in [6.07, 6.45) is 9.26. The second-order valence-corrected chi connectivity index (χ2v) is 17.1. The molecule has 59 heavy (non-hydrogen) atoms. The number of rotatable bonds is 8. The lowest BCUT2D eigenvalue weighted by Crippen LogP contribution is -2.03. The van der Waals surface area contributed by atoms with Crippen LogP contribution in [0, 0.1) is 0 Å². The van der Waals surface area contributed by atoms with Gasteiger partial charge in [0.05, 0.1) is 17.4 Å². The molecule has 0 saturated heterocycles. The summed E-state index contributed by atoms with van der Waals surface area (Å²) in [4.78, 5) is 19.3. The van der Waals surface area contributed by atoms with Gasteiger partial charge in [0.25, 0.3) is 0 Å². The predicted octanol–water partition coefficient (Wildman–Crippen LogP) is 14.0. The third-order valence-electron chi connectivity index (χ3n) is 12.1. The molecule has 7 nitrogen and oxygen atoms in total. The van der Waals surface area contributed by atoms with E-state index >= 15 is 0 Å². The minimum Gasteiger partial charge on any atom is -0.457 e. The normalized spacial score (nSPS) is 12.3. The highest BCUT2D eigenvalue weighted by Crippen LogP contribution is 2.43. The second kappa shape index (κ2) is 14.0. The second-order valence-electron chi connectivity index (χ2n) is 17.1. The van der Waals surface area contributed by atoms with Gasteiger partial charge >= 0.3 is 0 Å². The molecule has 0 fully saturated rings. The summed E-state index contributed by atoms with van der Waals surface area (Å²) in [6, 6.07) is 33.2. The fourth-order valence-electron chi connectivity index (χ4n) is 9.28. The number of benzene rings is 5. The Labute approximate surface area is 344 Å². The zero-order chi connectivity index (χ0) is 40.7. The number of fused-ring (bicyclic) bond motifs is 12. The monoisotopic (exact) mass is 772 g/mol. The van der Waals surface area contributed by atoms with Crippen LogP contribution in [0.25, 0.3) is 77.3 Å². The molecule has 0 atom stereocenters. The molecule has 0 aliphatic carbocycles. The van der Waals surface area contributed by atoms with Crippen molar-refractivity contribution in [3.63, 3.8) is 0 Å². The smallest absolute Gasteiger partial charge is 0.165 e. The van der Waals surface area contributed by atoms with Crippen LogP contribution in [0.5, 0.6) is 11.5 Å². The maximum Gasteiger partial charge on any atom is 0.165 e. The third-order valence-corrected chi connectivity index (χ3v) is 12.1. The average molecular weight is 773 g/mol. The first-order valence-corrected chi connectivity index (χ1v) is 20.9. The van der Waals surface area contributed by atoms with Crippen molar-refractivity contribution in [3.8, 4) is 33.9 Å². The topological polar surface area (TPSA) is 69.6 Å². The fraction of sp³-hybridized carbons (Fsp3) is 0.231. The largest absolute Gasteiger partial charge is 0.457 e. The molecule has 0 saturated carbocycles. The zero-order valence-electron chi connectivity index (χ0n) is 34.9. The molecule has 0 radical (unpaired) electrons. The van der Waals surface area contributed by atoms with Crippen LogP contribution in [0.1, 0.15) is 101 Å². The van der Waals surface area contributed by atoms with Gasteiger partial charge < -0.3 is 4.74 Å². The van der Waals surface area contributed by atoms with Gasteiger partial charge in [0.2, 0.25) is 0 Å². The van der Waals surface area contributed by atoms with Crippen molar-refractivity contribution >= 4 is 54.9 Å². The summed E-state index contributed by atoms with van der Waals surface area (Å²) in [5, 5.41) is 5.27. The zero-order valence-corrected chi connectivity index (χ0v) is 34.9. The van der Waals surface area contributed by atoms with E-state index in [0.29, 0.717) is 29.4 Å². The van der Waals surface area contributed by atoms with E-state index in [0.717, 1.165) is 61.0 Å². The van der Waals surface area contributed by atoms with Gasteiger partial charge in [0.1, 0.15) is 28.3 Å². The molecule has 5 aromatic heterocycles. The van der Waals surface area contributed by atoms with Gasteiger partial charge in [-0.3, -0.25) is 13.8 Å². The van der Waals surface area contributed by atoms with Crippen LogP contribution in [0.2, 0.25) is 0 Å². The Morgan fingerprint density at radius 3 is 1.68 bits per heavy atom. The van der Waals surface area contributed by atoms with Crippen LogP contribution < -0.4 is 4.74 Å².